The Morgan fingerprint density at radius 3 is 3.00 bits per heavy atom. The van der Waals surface area contributed by atoms with Gasteiger partial charge in [0.25, 0.3) is 0 Å². The molecule has 1 atom stereocenters. The number of piperazine rings is 1. The quantitative estimate of drug-likeness (QED) is 0.646. The molecule has 1 heterocycles. The van der Waals surface area contributed by atoms with Crippen LogP contribution in [0.5, 0.6) is 0 Å². The van der Waals surface area contributed by atoms with Crippen molar-refractivity contribution in [3.8, 4) is 0 Å². The molecule has 14 heavy (non-hydrogen) atoms. The number of amides is 1. The van der Waals surface area contributed by atoms with E-state index in [0.717, 1.165) is 32.7 Å². The van der Waals surface area contributed by atoms with Crippen LogP contribution in [0.2, 0.25) is 0 Å². The van der Waals surface area contributed by atoms with E-state index in [1.807, 2.05) is 18.7 Å². The van der Waals surface area contributed by atoms with Crippen molar-refractivity contribution < 1.29 is 9.53 Å². The summed E-state index contributed by atoms with van der Waals surface area (Å²) >= 11 is 0. The second-order valence-corrected chi connectivity index (χ2v) is 3.44. The van der Waals surface area contributed by atoms with Crippen LogP contribution in [0.3, 0.4) is 0 Å². The van der Waals surface area contributed by atoms with Gasteiger partial charge in [0.15, 0.2) is 0 Å². The van der Waals surface area contributed by atoms with Gasteiger partial charge in [0.05, 0.1) is 12.6 Å². The van der Waals surface area contributed by atoms with Gasteiger partial charge in [0, 0.05) is 26.2 Å². The SMILES string of the molecule is CCOCCN1CCNC(CC)C1=O. The highest BCUT2D eigenvalue weighted by Crippen LogP contribution is 2.04. The molecule has 1 amide bonds. The predicted molar refractivity (Wildman–Crippen MR) is 55.2 cm³/mol. The van der Waals surface area contributed by atoms with Gasteiger partial charge in [0.1, 0.15) is 0 Å². The summed E-state index contributed by atoms with van der Waals surface area (Å²) in [6.45, 7) is 7.80. The second kappa shape index (κ2) is 5.98. The molecule has 4 nitrogen and oxygen atoms in total. The van der Waals surface area contributed by atoms with Crippen LogP contribution in [0.4, 0.5) is 0 Å². The zero-order chi connectivity index (χ0) is 10.4. The number of carbonyl (C=O) groups excluding carboxylic acids is 1. The zero-order valence-electron chi connectivity index (χ0n) is 9.08. The molecule has 1 fully saturated rings. The molecule has 0 aromatic carbocycles. The van der Waals surface area contributed by atoms with Crippen LogP contribution in [0.15, 0.2) is 0 Å². The number of ether oxygens (including phenoxy) is 1. The number of hydrogen-bond donors (Lipinski definition) is 1. The fourth-order valence-corrected chi connectivity index (χ4v) is 1.65. The Hall–Kier alpha value is -0.610. The molecular formula is C10H20N2O2. The second-order valence-electron chi connectivity index (χ2n) is 3.44. The van der Waals surface area contributed by atoms with E-state index in [4.69, 9.17) is 4.74 Å². The van der Waals surface area contributed by atoms with E-state index in [2.05, 4.69) is 5.32 Å². The largest absolute Gasteiger partial charge is 0.380 e. The van der Waals surface area contributed by atoms with Crippen molar-refractivity contribution >= 4 is 5.91 Å². The van der Waals surface area contributed by atoms with Crippen LogP contribution in [0, 0.1) is 0 Å². The topological polar surface area (TPSA) is 41.6 Å². The van der Waals surface area contributed by atoms with Gasteiger partial charge in [-0.3, -0.25) is 4.79 Å². The fraction of sp³-hybridized carbons (Fsp3) is 0.900. The number of nitrogens with one attached hydrogen (secondary N) is 1. The number of hydrogen-bond acceptors (Lipinski definition) is 3. The predicted octanol–water partition coefficient (Wildman–Crippen LogP) is 0.233. The van der Waals surface area contributed by atoms with E-state index in [0.29, 0.717) is 6.61 Å². The van der Waals surface area contributed by atoms with Crippen molar-refractivity contribution in [3.05, 3.63) is 0 Å². The van der Waals surface area contributed by atoms with E-state index in [1.54, 1.807) is 0 Å². The smallest absolute Gasteiger partial charge is 0.239 e. The van der Waals surface area contributed by atoms with Gasteiger partial charge in [-0.1, -0.05) is 6.92 Å². The van der Waals surface area contributed by atoms with Gasteiger partial charge in [-0.15, -0.1) is 0 Å². The van der Waals surface area contributed by atoms with Crippen molar-refractivity contribution in [2.75, 3.05) is 32.8 Å². The zero-order valence-corrected chi connectivity index (χ0v) is 9.08. The van der Waals surface area contributed by atoms with E-state index >= 15 is 0 Å². The highest BCUT2D eigenvalue weighted by molar-refractivity contribution is 5.82. The fourth-order valence-electron chi connectivity index (χ4n) is 1.65. The summed E-state index contributed by atoms with van der Waals surface area (Å²) < 4.78 is 5.24. The minimum atomic E-state index is 0.0189. The monoisotopic (exact) mass is 200 g/mol. The van der Waals surface area contributed by atoms with Crippen molar-refractivity contribution in [2.24, 2.45) is 0 Å². The van der Waals surface area contributed by atoms with E-state index in [9.17, 15) is 4.79 Å². The van der Waals surface area contributed by atoms with Gasteiger partial charge in [0.2, 0.25) is 5.91 Å². The van der Waals surface area contributed by atoms with Gasteiger partial charge in [-0.25, -0.2) is 0 Å². The maximum absolute atomic E-state index is 11.8. The summed E-state index contributed by atoms with van der Waals surface area (Å²) in [6, 6.07) is 0.0189. The number of nitrogens with zero attached hydrogens (tertiary/aromatic N) is 1. The molecule has 0 aromatic rings. The maximum Gasteiger partial charge on any atom is 0.239 e. The summed E-state index contributed by atoms with van der Waals surface area (Å²) in [4.78, 5) is 13.6. The number of carbonyl (C=O) groups is 1. The van der Waals surface area contributed by atoms with E-state index in [-0.39, 0.29) is 11.9 Å². The van der Waals surface area contributed by atoms with Crippen LogP contribution in [0.25, 0.3) is 0 Å². The highest BCUT2D eigenvalue weighted by atomic mass is 16.5. The number of rotatable bonds is 5. The molecule has 1 unspecified atom stereocenters. The van der Waals surface area contributed by atoms with Crippen LogP contribution < -0.4 is 5.32 Å². The molecule has 0 radical (unpaired) electrons. The van der Waals surface area contributed by atoms with Crippen molar-refractivity contribution in [2.45, 2.75) is 26.3 Å². The molecule has 1 saturated heterocycles. The average Bonchev–Trinajstić information content (AvgIpc) is 2.21. The van der Waals surface area contributed by atoms with Crippen LogP contribution in [0.1, 0.15) is 20.3 Å². The first kappa shape index (κ1) is 11.5. The van der Waals surface area contributed by atoms with Crippen molar-refractivity contribution in [3.63, 3.8) is 0 Å². The van der Waals surface area contributed by atoms with Crippen LogP contribution in [-0.2, 0) is 9.53 Å². The molecule has 0 spiro atoms. The molecule has 1 aliphatic rings. The Morgan fingerprint density at radius 1 is 1.57 bits per heavy atom. The summed E-state index contributed by atoms with van der Waals surface area (Å²) in [5, 5.41) is 3.21. The summed E-state index contributed by atoms with van der Waals surface area (Å²) in [7, 11) is 0. The molecule has 0 saturated carbocycles. The third-order valence-corrected chi connectivity index (χ3v) is 2.50. The Morgan fingerprint density at radius 2 is 2.36 bits per heavy atom. The summed E-state index contributed by atoms with van der Waals surface area (Å²) in [6.07, 6.45) is 0.865. The van der Waals surface area contributed by atoms with Gasteiger partial charge < -0.3 is 15.0 Å². The molecule has 0 aliphatic carbocycles. The minimum Gasteiger partial charge on any atom is -0.380 e. The summed E-state index contributed by atoms with van der Waals surface area (Å²) in [5.74, 6) is 0.221. The molecule has 1 aliphatic heterocycles. The third-order valence-electron chi connectivity index (χ3n) is 2.50. The van der Waals surface area contributed by atoms with Gasteiger partial charge >= 0.3 is 0 Å². The van der Waals surface area contributed by atoms with Crippen molar-refractivity contribution in [1.29, 1.82) is 0 Å². The lowest BCUT2D eigenvalue weighted by Crippen LogP contribution is -2.55. The Labute approximate surface area is 85.6 Å². The normalized spacial score (nSPS) is 22.9. The van der Waals surface area contributed by atoms with Crippen LogP contribution in [-0.4, -0.2) is 49.7 Å². The lowest BCUT2D eigenvalue weighted by Gasteiger charge is -2.32. The Balaban J connectivity index is 2.32. The average molecular weight is 200 g/mol. The molecule has 82 valence electrons. The first-order chi connectivity index (χ1) is 6.79. The molecule has 0 bridgehead atoms. The first-order valence-electron chi connectivity index (χ1n) is 5.39. The molecule has 0 aromatic heterocycles. The Bertz CT molecular complexity index is 185. The van der Waals surface area contributed by atoms with E-state index < -0.39 is 0 Å². The Kier molecular flexibility index (Phi) is 4.90. The minimum absolute atomic E-state index is 0.0189. The molecular weight excluding hydrogens is 180 g/mol. The van der Waals surface area contributed by atoms with Gasteiger partial charge in [-0.05, 0) is 13.3 Å². The van der Waals surface area contributed by atoms with E-state index in [1.165, 1.54) is 0 Å². The van der Waals surface area contributed by atoms with Crippen molar-refractivity contribution in [1.82, 2.24) is 10.2 Å². The van der Waals surface area contributed by atoms with Crippen LogP contribution >= 0.6 is 0 Å². The van der Waals surface area contributed by atoms with Gasteiger partial charge in [-0.2, -0.15) is 0 Å². The molecule has 1 rings (SSSR count). The standard InChI is InChI=1S/C10H20N2O2/c1-3-9-10(13)12(6-5-11-9)7-8-14-4-2/h9,11H,3-8H2,1-2H3. The maximum atomic E-state index is 11.8. The highest BCUT2D eigenvalue weighted by Gasteiger charge is 2.25. The first-order valence-corrected chi connectivity index (χ1v) is 5.39. The third kappa shape index (κ3) is 2.96. The lowest BCUT2D eigenvalue weighted by atomic mass is 10.1. The lowest BCUT2D eigenvalue weighted by molar-refractivity contribution is -0.136. The summed E-state index contributed by atoms with van der Waals surface area (Å²) in [5.41, 5.74) is 0. The molecule has 4 heteroatoms. The molecule has 1 N–H and O–H groups in total.